The summed E-state index contributed by atoms with van der Waals surface area (Å²) in [7, 11) is 0. The van der Waals surface area contributed by atoms with Crippen LogP contribution in [-0.4, -0.2) is 61.2 Å². The normalized spacial score (nSPS) is 24.8. The molecule has 1 aromatic carbocycles. The third-order valence-corrected chi connectivity index (χ3v) is 5.05. The number of carbonyl (C=O) groups excluding carboxylic acids is 4. The summed E-state index contributed by atoms with van der Waals surface area (Å²) in [6.45, 7) is 4.26. The van der Waals surface area contributed by atoms with Crippen LogP contribution in [-0.2, 0) is 42.9 Å². The largest absolute Gasteiger partial charge is 0.463 e. The Labute approximate surface area is 202 Å². The van der Waals surface area contributed by atoms with E-state index in [0.717, 1.165) is 24.3 Å². The van der Waals surface area contributed by atoms with Crippen molar-refractivity contribution in [3.63, 3.8) is 0 Å². The number of rotatable bonds is 7. The van der Waals surface area contributed by atoms with E-state index < -0.39 is 54.6 Å². The molecule has 176 valence electrons. The smallest absolute Gasteiger partial charge is 0.303 e. The van der Waals surface area contributed by atoms with Gasteiger partial charge in [-0.05, 0) is 40.8 Å². The summed E-state index contributed by atoms with van der Waals surface area (Å²) in [6.07, 6.45) is -6.35. The average Bonchev–Trinajstić information content (AvgIpc) is 2.65. The molecule has 0 aliphatic carbocycles. The molecule has 1 saturated heterocycles. The van der Waals surface area contributed by atoms with Crippen molar-refractivity contribution in [2.75, 3.05) is 6.61 Å². The molecule has 0 N–H and O–H groups in total. The highest BCUT2D eigenvalue weighted by Crippen LogP contribution is 2.33. The number of halogens is 2. The van der Waals surface area contributed by atoms with E-state index in [4.69, 9.17) is 40.0 Å². The Morgan fingerprint density at radius 1 is 0.906 bits per heavy atom. The standard InChI is InChI=1S/C20H22ClIO10/c1-9(23)27-8-16-17(28-10(2)24)18(29-11(3)25)19(30-12(4)26)20(32-16)31-15-6-5-13(22)7-14(15)21/h5-7,16-20H,8H2,1-4H3/t16?,17-,18?,19?,20+/m1/s1. The van der Waals surface area contributed by atoms with Crippen LogP contribution in [0.5, 0.6) is 5.75 Å². The molecule has 1 aliphatic heterocycles. The van der Waals surface area contributed by atoms with Gasteiger partial charge in [0.1, 0.15) is 18.5 Å². The SMILES string of the molecule is CC(=O)OCC1O[C@H](Oc2ccc(I)cc2Cl)C(OC(C)=O)C(OC(C)=O)[C@@H]1OC(C)=O. The van der Waals surface area contributed by atoms with Crippen LogP contribution in [0.2, 0.25) is 5.02 Å². The van der Waals surface area contributed by atoms with Crippen LogP contribution in [0.15, 0.2) is 18.2 Å². The maximum atomic E-state index is 11.8. The molecule has 5 atom stereocenters. The van der Waals surface area contributed by atoms with Gasteiger partial charge in [-0.3, -0.25) is 19.2 Å². The quantitative estimate of drug-likeness (QED) is 0.268. The summed E-state index contributed by atoms with van der Waals surface area (Å²) >= 11 is 8.31. The number of hydrogen-bond donors (Lipinski definition) is 0. The molecule has 0 spiro atoms. The third-order valence-electron chi connectivity index (χ3n) is 4.09. The molecule has 2 rings (SSSR count). The first-order chi connectivity index (χ1) is 15.0. The molecule has 1 aromatic rings. The van der Waals surface area contributed by atoms with Crippen LogP contribution in [0.4, 0.5) is 0 Å². The second kappa shape index (κ2) is 11.7. The first kappa shape index (κ1) is 26.1. The van der Waals surface area contributed by atoms with E-state index in [1.807, 2.05) is 0 Å². The number of carbonyl (C=O) groups is 4. The van der Waals surface area contributed by atoms with E-state index in [1.54, 1.807) is 18.2 Å². The molecule has 0 radical (unpaired) electrons. The van der Waals surface area contributed by atoms with Gasteiger partial charge in [-0.1, -0.05) is 11.6 Å². The summed E-state index contributed by atoms with van der Waals surface area (Å²) in [5.41, 5.74) is 0. The van der Waals surface area contributed by atoms with Gasteiger partial charge in [0.25, 0.3) is 0 Å². The molecule has 1 fully saturated rings. The molecular weight excluding hydrogens is 563 g/mol. The Hall–Kier alpha value is -2.12. The Bertz CT molecular complexity index is 876. The highest BCUT2D eigenvalue weighted by atomic mass is 127. The second-order valence-electron chi connectivity index (χ2n) is 6.76. The van der Waals surface area contributed by atoms with E-state index in [1.165, 1.54) is 6.92 Å². The van der Waals surface area contributed by atoms with Gasteiger partial charge in [0, 0.05) is 31.3 Å². The van der Waals surface area contributed by atoms with E-state index in [-0.39, 0.29) is 17.4 Å². The fraction of sp³-hybridized carbons (Fsp3) is 0.500. The van der Waals surface area contributed by atoms with Crippen LogP contribution < -0.4 is 4.74 Å². The number of hydrogen-bond acceptors (Lipinski definition) is 10. The molecule has 0 saturated carbocycles. The van der Waals surface area contributed by atoms with Crippen LogP contribution in [0.1, 0.15) is 27.7 Å². The Morgan fingerprint density at radius 3 is 2.00 bits per heavy atom. The van der Waals surface area contributed by atoms with Crippen LogP contribution in [0.3, 0.4) is 0 Å². The van der Waals surface area contributed by atoms with E-state index >= 15 is 0 Å². The lowest BCUT2D eigenvalue weighted by atomic mass is 9.98. The van der Waals surface area contributed by atoms with Gasteiger partial charge in [0.05, 0.1) is 5.02 Å². The molecule has 32 heavy (non-hydrogen) atoms. The maximum Gasteiger partial charge on any atom is 0.303 e. The van der Waals surface area contributed by atoms with Gasteiger partial charge in [-0.2, -0.15) is 0 Å². The average molecular weight is 585 g/mol. The molecule has 0 bridgehead atoms. The first-order valence-electron chi connectivity index (χ1n) is 9.40. The lowest BCUT2D eigenvalue weighted by Crippen LogP contribution is -2.63. The van der Waals surface area contributed by atoms with Crippen molar-refractivity contribution in [1.29, 1.82) is 0 Å². The monoisotopic (exact) mass is 584 g/mol. The predicted molar refractivity (Wildman–Crippen MR) is 117 cm³/mol. The van der Waals surface area contributed by atoms with Crippen molar-refractivity contribution in [1.82, 2.24) is 0 Å². The summed E-state index contributed by atoms with van der Waals surface area (Å²) in [5, 5.41) is 0.254. The van der Waals surface area contributed by atoms with Crippen LogP contribution in [0.25, 0.3) is 0 Å². The van der Waals surface area contributed by atoms with Crippen molar-refractivity contribution in [2.45, 2.75) is 58.4 Å². The molecule has 0 amide bonds. The lowest BCUT2D eigenvalue weighted by Gasteiger charge is -2.44. The van der Waals surface area contributed by atoms with Crippen LogP contribution >= 0.6 is 34.2 Å². The van der Waals surface area contributed by atoms with Crippen molar-refractivity contribution < 1.29 is 47.6 Å². The first-order valence-corrected chi connectivity index (χ1v) is 10.9. The molecule has 3 unspecified atom stereocenters. The summed E-state index contributed by atoms with van der Waals surface area (Å²) in [6, 6.07) is 4.95. The van der Waals surface area contributed by atoms with Gasteiger partial charge in [-0.15, -0.1) is 0 Å². The molecule has 1 aliphatic rings. The Morgan fingerprint density at radius 2 is 1.47 bits per heavy atom. The zero-order valence-corrected chi connectivity index (χ0v) is 20.6. The third kappa shape index (κ3) is 7.48. The number of benzene rings is 1. The molecule has 1 heterocycles. The van der Waals surface area contributed by atoms with Gasteiger partial charge >= 0.3 is 23.9 Å². The fourth-order valence-corrected chi connectivity index (χ4v) is 3.88. The summed E-state index contributed by atoms with van der Waals surface area (Å²) < 4.78 is 33.5. The van der Waals surface area contributed by atoms with Crippen molar-refractivity contribution in [3.8, 4) is 5.75 Å². The highest BCUT2D eigenvalue weighted by molar-refractivity contribution is 14.1. The maximum absolute atomic E-state index is 11.8. The zero-order chi connectivity index (χ0) is 24.0. The van der Waals surface area contributed by atoms with Gasteiger partial charge in [0.15, 0.2) is 12.2 Å². The van der Waals surface area contributed by atoms with E-state index in [2.05, 4.69) is 22.6 Å². The summed E-state index contributed by atoms with van der Waals surface area (Å²) in [4.78, 5) is 46.7. The topological polar surface area (TPSA) is 124 Å². The van der Waals surface area contributed by atoms with Crippen molar-refractivity contribution in [3.05, 3.63) is 26.8 Å². The van der Waals surface area contributed by atoms with E-state index in [9.17, 15) is 19.2 Å². The second-order valence-corrected chi connectivity index (χ2v) is 8.41. The summed E-state index contributed by atoms with van der Waals surface area (Å²) in [5.74, 6) is -2.58. The highest BCUT2D eigenvalue weighted by Gasteiger charge is 2.53. The molecule has 10 nitrogen and oxygen atoms in total. The van der Waals surface area contributed by atoms with Crippen molar-refractivity contribution >= 4 is 58.1 Å². The number of ether oxygens (including phenoxy) is 6. The minimum absolute atomic E-state index is 0.202. The fourth-order valence-electron chi connectivity index (χ4n) is 2.98. The number of esters is 4. The molecular formula is C20H22ClIO10. The van der Waals surface area contributed by atoms with E-state index in [0.29, 0.717) is 0 Å². The Balaban J connectivity index is 2.47. The van der Waals surface area contributed by atoms with Crippen LogP contribution in [0, 0.1) is 3.57 Å². The zero-order valence-electron chi connectivity index (χ0n) is 17.7. The Kier molecular flexibility index (Phi) is 9.52. The predicted octanol–water partition coefficient (Wildman–Crippen LogP) is 2.41. The lowest BCUT2D eigenvalue weighted by molar-refractivity contribution is -0.288. The van der Waals surface area contributed by atoms with Gasteiger partial charge < -0.3 is 28.4 Å². The van der Waals surface area contributed by atoms with Gasteiger partial charge in [0.2, 0.25) is 12.4 Å². The minimum atomic E-state index is -1.34. The molecule has 0 aromatic heterocycles. The van der Waals surface area contributed by atoms with Crippen molar-refractivity contribution in [2.24, 2.45) is 0 Å². The molecule has 12 heteroatoms. The minimum Gasteiger partial charge on any atom is -0.463 e. The van der Waals surface area contributed by atoms with Gasteiger partial charge in [-0.25, -0.2) is 0 Å².